The monoisotopic (exact) mass is 370 g/mol. The lowest BCUT2D eigenvalue weighted by Crippen LogP contribution is -2.10. The third-order valence-electron chi connectivity index (χ3n) is 3.12. The van der Waals surface area contributed by atoms with Crippen LogP contribution in [0.15, 0.2) is 67.3 Å². The Balaban J connectivity index is 0.000000228. The minimum absolute atomic E-state index is 0.127. The maximum atomic E-state index is 11.0. The number of carbonyl (C=O) groups is 2. The highest BCUT2D eigenvalue weighted by Gasteiger charge is 2.09. The molecule has 0 fully saturated rings. The van der Waals surface area contributed by atoms with Gasteiger partial charge < -0.3 is 16.2 Å². The Kier molecular flexibility index (Phi) is 6.64. The number of anilines is 2. The number of rotatable bonds is 4. The number of carbonyl (C=O) groups excluding carboxylic acids is 1. The van der Waals surface area contributed by atoms with Gasteiger partial charge in [0.05, 0.1) is 11.3 Å². The van der Waals surface area contributed by atoms with Gasteiger partial charge in [-0.2, -0.15) is 0 Å². The molecule has 0 spiro atoms. The van der Waals surface area contributed by atoms with Crippen LogP contribution in [-0.2, 0) is 0 Å². The molecule has 0 aliphatic carbocycles. The van der Waals surface area contributed by atoms with Crippen LogP contribution in [0.25, 0.3) is 0 Å². The lowest BCUT2D eigenvalue weighted by atomic mass is 10.2. The zero-order valence-electron chi connectivity index (χ0n) is 13.5. The molecule has 26 heavy (non-hydrogen) atoms. The van der Waals surface area contributed by atoms with Crippen molar-refractivity contribution in [3.05, 3.63) is 83.4 Å². The fraction of sp³-hybridized carbons (Fsp3) is 0. The van der Waals surface area contributed by atoms with Crippen LogP contribution in [0.2, 0.25) is 5.02 Å². The topological polar surface area (TPSA) is 118 Å². The molecule has 0 aliphatic heterocycles. The smallest absolute Gasteiger partial charge is 0.339 e. The third kappa shape index (κ3) is 5.57. The second kappa shape index (κ2) is 9.14. The molecule has 132 valence electrons. The molecular weight excluding hydrogens is 356 g/mol. The standard InChI is InChI=1S/C12H9ClN2O2.C6H6N2O/c13-8-1-3-9(4-2-8)15-11-5-6-14-7-10(11)12(16)17;7-6(9)5-2-1-3-8-4-5/h1-7H,(H,14,15)(H,16,17);1-4H,(H2,7,9). The largest absolute Gasteiger partial charge is 0.478 e. The molecule has 7 nitrogen and oxygen atoms in total. The summed E-state index contributed by atoms with van der Waals surface area (Å²) >= 11 is 5.76. The van der Waals surface area contributed by atoms with Crippen LogP contribution in [0.1, 0.15) is 20.7 Å². The lowest BCUT2D eigenvalue weighted by molar-refractivity contribution is 0.0697. The number of nitrogens with one attached hydrogen (secondary N) is 1. The predicted molar refractivity (Wildman–Crippen MR) is 98.7 cm³/mol. The van der Waals surface area contributed by atoms with Crippen molar-refractivity contribution in [2.24, 2.45) is 5.73 Å². The van der Waals surface area contributed by atoms with E-state index in [1.165, 1.54) is 18.6 Å². The first-order valence-corrected chi connectivity index (χ1v) is 7.75. The number of benzene rings is 1. The zero-order valence-corrected chi connectivity index (χ0v) is 14.2. The number of hydrogen-bond donors (Lipinski definition) is 3. The van der Waals surface area contributed by atoms with E-state index >= 15 is 0 Å². The number of nitrogens with zero attached hydrogens (tertiary/aromatic N) is 2. The van der Waals surface area contributed by atoms with Gasteiger partial charge in [-0.1, -0.05) is 11.6 Å². The summed E-state index contributed by atoms with van der Waals surface area (Å²) in [6.07, 6.45) is 5.86. The number of carboxylic acids is 1. The maximum Gasteiger partial charge on any atom is 0.339 e. The number of aromatic carboxylic acids is 1. The van der Waals surface area contributed by atoms with E-state index in [0.29, 0.717) is 16.3 Å². The van der Waals surface area contributed by atoms with Gasteiger partial charge in [-0.05, 0) is 42.5 Å². The van der Waals surface area contributed by atoms with E-state index in [4.69, 9.17) is 22.4 Å². The Morgan fingerprint density at radius 1 is 1.00 bits per heavy atom. The summed E-state index contributed by atoms with van der Waals surface area (Å²) < 4.78 is 0. The molecule has 0 saturated heterocycles. The molecule has 0 aliphatic rings. The summed E-state index contributed by atoms with van der Waals surface area (Å²) in [5.41, 5.74) is 6.77. The molecule has 0 saturated carbocycles. The molecule has 0 radical (unpaired) electrons. The highest BCUT2D eigenvalue weighted by atomic mass is 35.5. The van der Waals surface area contributed by atoms with E-state index in [9.17, 15) is 9.59 Å². The van der Waals surface area contributed by atoms with Crippen molar-refractivity contribution in [1.29, 1.82) is 0 Å². The summed E-state index contributed by atoms with van der Waals surface area (Å²) in [5.74, 6) is -1.46. The summed E-state index contributed by atoms with van der Waals surface area (Å²) in [5, 5.41) is 12.6. The van der Waals surface area contributed by atoms with Crippen molar-refractivity contribution in [3.63, 3.8) is 0 Å². The molecule has 4 N–H and O–H groups in total. The summed E-state index contributed by atoms with van der Waals surface area (Å²) in [7, 11) is 0. The second-order valence-corrected chi connectivity index (χ2v) is 5.40. The number of halogens is 1. The van der Waals surface area contributed by atoms with E-state index in [-0.39, 0.29) is 5.56 Å². The van der Waals surface area contributed by atoms with Gasteiger partial charge in [0.15, 0.2) is 0 Å². The van der Waals surface area contributed by atoms with Crippen LogP contribution < -0.4 is 11.1 Å². The van der Waals surface area contributed by atoms with Crippen molar-refractivity contribution in [2.45, 2.75) is 0 Å². The molecule has 0 bridgehead atoms. The first kappa shape index (κ1) is 18.9. The third-order valence-corrected chi connectivity index (χ3v) is 3.37. The molecular formula is C18H15ClN4O3. The number of pyridine rings is 2. The molecule has 8 heteroatoms. The predicted octanol–water partition coefficient (Wildman–Crippen LogP) is 3.36. The van der Waals surface area contributed by atoms with Gasteiger partial charge >= 0.3 is 5.97 Å². The van der Waals surface area contributed by atoms with Crippen molar-refractivity contribution in [2.75, 3.05) is 5.32 Å². The minimum Gasteiger partial charge on any atom is -0.478 e. The number of hydrogen-bond acceptors (Lipinski definition) is 5. The van der Waals surface area contributed by atoms with Crippen molar-refractivity contribution < 1.29 is 14.7 Å². The van der Waals surface area contributed by atoms with Gasteiger partial charge in [-0.15, -0.1) is 0 Å². The van der Waals surface area contributed by atoms with Gasteiger partial charge in [-0.3, -0.25) is 14.8 Å². The summed E-state index contributed by atoms with van der Waals surface area (Å²) in [6, 6.07) is 11.9. The van der Waals surface area contributed by atoms with Gasteiger partial charge in [0.1, 0.15) is 5.56 Å². The van der Waals surface area contributed by atoms with Crippen molar-refractivity contribution in [1.82, 2.24) is 9.97 Å². The quantitative estimate of drug-likeness (QED) is 0.648. The fourth-order valence-electron chi connectivity index (χ4n) is 1.87. The van der Waals surface area contributed by atoms with Crippen LogP contribution in [0.5, 0.6) is 0 Å². The van der Waals surface area contributed by atoms with Gasteiger partial charge in [0, 0.05) is 35.5 Å². The zero-order chi connectivity index (χ0) is 18.9. The SMILES string of the molecule is NC(=O)c1cccnc1.O=C(O)c1cnccc1Nc1ccc(Cl)cc1. The van der Waals surface area contributed by atoms with Crippen LogP contribution >= 0.6 is 11.6 Å². The van der Waals surface area contributed by atoms with Crippen LogP contribution in [0.3, 0.4) is 0 Å². The fourth-order valence-corrected chi connectivity index (χ4v) is 2.00. The summed E-state index contributed by atoms with van der Waals surface area (Å²) in [6.45, 7) is 0. The molecule has 2 heterocycles. The van der Waals surface area contributed by atoms with Gasteiger partial charge in [0.25, 0.3) is 0 Å². The molecule has 0 unspecified atom stereocenters. The van der Waals surface area contributed by atoms with Crippen LogP contribution in [0.4, 0.5) is 11.4 Å². The first-order valence-electron chi connectivity index (χ1n) is 7.37. The van der Waals surface area contributed by atoms with E-state index in [0.717, 1.165) is 5.69 Å². The second-order valence-electron chi connectivity index (χ2n) is 4.96. The summed E-state index contributed by atoms with van der Waals surface area (Å²) in [4.78, 5) is 28.8. The number of nitrogens with two attached hydrogens (primary N) is 1. The van der Waals surface area contributed by atoms with Gasteiger partial charge in [0.2, 0.25) is 5.91 Å². The van der Waals surface area contributed by atoms with E-state index in [2.05, 4.69) is 15.3 Å². The van der Waals surface area contributed by atoms with Crippen molar-refractivity contribution in [3.8, 4) is 0 Å². The van der Waals surface area contributed by atoms with Crippen LogP contribution in [-0.4, -0.2) is 27.0 Å². The molecule has 1 amide bonds. The number of amides is 1. The number of primary amides is 1. The van der Waals surface area contributed by atoms with Crippen molar-refractivity contribution >= 4 is 34.9 Å². The Labute approximate surface area is 154 Å². The first-order chi connectivity index (χ1) is 12.5. The Morgan fingerprint density at radius 2 is 1.69 bits per heavy atom. The number of aromatic nitrogens is 2. The molecule has 0 atom stereocenters. The minimum atomic E-state index is -1.02. The Bertz CT molecular complexity index is 886. The van der Waals surface area contributed by atoms with Crippen LogP contribution in [0, 0.1) is 0 Å². The highest BCUT2D eigenvalue weighted by molar-refractivity contribution is 6.30. The van der Waals surface area contributed by atoms with E-state index in [1.54, 1.807) is 48.7 Å². The molecule has 3 aromatic rings. The lowest BCUT2D eigenvalue weighted by Gasteiger charge is -2.08. The van der Waals surface area contributed by atoms with E-state index in [1.807, 2.05) is 0 Å². The van der Waals surface area contributed by atoms with E-state index < -0.39 is 11.9 Å². The number of carboxylic acid groups (broad SMARTS) is 1. The molecule has 3 rings (SSSR count). The maximum absolute atomic E-state index is 11.0. The normalized spacial score (nSPS) is 9.58. The average Bonchev–Trinajstić information content (AvgIpc) is 2.65. The highest BCUT2D eigenvalue weighted by Crippen LogP contribution is 2.21. The Hall–Kier alpha value is -3.45. The molecule has 2 aromatic heterocycles. The Morgan fingerprint density at radius 3 is 2.23 bits per heavy atom. The van der Waals surface area contributed by atoms with Gasteiger partial charge in [-0.25, -0.2) is 4.79 Å². The molecule has 1 aromatic carbocycles. The average molecular weight is 371 g/mol.